The lowest BCUT2D eigenvalue weighted by Crippen LogP contribution is -2.34. The molecule has 1 N–H and O–H groups in total. The molecule has 0 radical (unpaired) electrons. The summed E-state index contributed by atoms with van der Waals surface area (Å²) in [5, 5.41) is 2.29. The molecule has 6 heteroatoms. The Morgan fingerprint density at radius 2 is 1.67 bits per heavy atom. The van der Waals surface area contributed by atoms with Crippen LogP contribution in [0.25, 0.3) is 0 Å². The lowest BCUT2D eigenvalue weighted by Gasteiger charge is -2.17. The van der Waals surface area contributed by atoms with Crippen molar-refractivity contribution < 1.29 is 14.3 Å². The van der Waals surface area contributed by atoms with Crippen molar-refractivity contribution in [2.45, 2.75) is 23.3 Å². The van der Waals surface area contributed by atoms with Gasteiger partial charge in [-0.1, -0.05) is 48.5 Å². The summed E-state index contributed by atoms with van der Waals surface area (Å²) >= 11 is 6.97. The molecule has 0 unspecified atom stereocenters. The minimum absolute atomic E-state index is 0.0768. The molecule has 0 saturated heterocycles. The molecule has 0 aliphatic carbocycles. The zero-order valence-corrected chi connectivity index (χ0v) is 14.6. The van der Waals surface area contributed by atoms with Gasteiger partial charge in [0.2, 0.25) is 0 Å². The molecule has 1 amide bonds. The number of ether oxygens (including phenoxy) is 1. The summed E-state index contributed by atoms with van der Waals surface area (Å²) in [7, 11) is 0. The van der Waals surface area contributed by atoms with Crippen LogP contribution in [-0.4, -0.2) is 23.1 Å². The van der Waals surface area contributed by atoms with E-state index in [1.165, 1.54) is 11.8 Å². The van der Waals surface area contributed by atoms with Crippen LogP contribution in [0, 0.1) is 0 Å². The van der Waals surface area contributed by atoms with Crippen LogP contribution in [0.1, 0.15) is 12.0 Å². The van der Waals surface area contributed by atoms with Crippen molar-refractivity contribution in [3.63, 3.8) is 0 Å². The number of rotatable bonds is 8. The number of halogens is 1. The summed E-state index contributed by atoms with van der Waals surface area (Å²) in [6.45, 7) is 0.179. The van der Waals surface area contributed by atoms with Crippen LogP contribution in [0.5, 0.6) is 0 Å². The largest absolute Gasteiger partial charge is 0.445 e. The number of alkyl halides is 1. The van der Waals surface area contributed by atoms with E-state index in [9.17, 15) is 9.59 Å². The van der Waals surface area contributed by atoms with E-state index in [4.69, 9.17) is 16.3 Å². The molecular weight excluding hydrogens is 346 g/mol. The minimum Gasteiger partial charge on any atom is -0.445 e. The zero-order valence-electron chi connectivity index (χ0n) is 13.0. The van der Waals surface area contributed by atoms with Crippen molar-refractivity contribution in [1.82, 2.24) is 5.32 Å². The van der Waals surface area contributed by atoms with Gasteiger partial charge in [-0.25, -0.2) is 4.79 Å². The monoisotopic (exact) mass is 363 g/mol. The normalized spacial score (nSPS) is 11.5. The van der Waals surface area contributed by atoms with Crippen molar-refractivity contribution in [2.24, 2.45) is 0 Å². The second-order valence-corrected chi connectivity index (χ2v) is 6.55. The maximum absolute atomic E-state index is 12.0. The first kappa shape index (κ1) is 18.4. The first-order valence-corrected chi connectivity index (χ1v) is 8.85. The number of thioether (sulfide) groups is 1. The van der Waals surface area contributed by atoms with Crippen LogP contribution in [0.2, 0.25) is 0 Å². The average Bonchev–Trinajstić information content (AvgIpc) is 2.61. The van der Waals surface area contributed by atoms with Crippen LogP contribution in [-0.2, 0) is 16.1 Å². The maximum Gasteiger partial charge on any atom is 0.408 e. The Morgan fingerprint density at radius 1 is 1.04 bits per heavy atom. The van der Waals surface area contributed by atoms with Gasteiger partial charge in [0.25, 0.3) is 0 Å². The number of carbonyl (C=O) groups excluding carboxylic acids is 2. The quantitative estimate of drug-likeness (QED) is 0.433. The summed E-state index contributed by atoms with van der Waals surface area (Å²) in [5.41, 5.74) is 0.900. The van der Waals surface area contributed by atoms with Gasteiger partial charge < -0.3 is 10.1 Å². The molecule has 0 heterocycles. The molecule has 0 aliphatic rings. The Labute approximate surface area is 150 Å². The molecule has 4 nitrogen and oxygen atoms in total. The number of ketones is 1. The molecule has 0 aliphatic heterocycles. The van der Waals surface area contributed by atoms with Crippen LogP contribution in [0.15, 0.2) is 65.6 Å². The van der Waals surface area contributed by atoms with E-state index in [2.05, 4.69) is 5.32 Å². The Morgan fingerprint density at radius 3 is 2.29 bits per heavy atom. The number of Topliss-reactive ketones (excluding diaryl/α,β-unsaturated/α-hetero) is 1. The molecule has 0 fully saturated rings. The molecule has 0 spiro atoms. The fourth-order valence-electron chi connectivity index (χ4n) is 1.94. The van der Waals surface area contributed by atoms with E-state index in [0.29, 0.717) is 0 Å². The molecule has 2 aromatic carbocycles. The van der Waals surface area contributed by atoms with Gasteiger partial charge >= 0.3 is 6.09 Å². The van der Waals surface area contributed by atoms with E-state index in [-0.39, 0.29) is 24.7 Å². The SMILES string of the molecule is O=C(CCl)C[C@H](NC(=O)OCc1ccccc1)Sc1ccccc1. The van der Waals surface area contributed by atoms with Gasteiger partial charge in [0.05, 0.1) is 11.3 Å². The van der Waals surface area contributed by atoms with Crippen molar-refractivity contribution in [3.8, 4) is 0 Å². The van der Waals surface area contributed by atoms with Crippen LogP contribution in [0.3, 0.4) is 0 Å². The average molecular weight is 364 g/mol. The Kier molecular flexibility index (Phi) is 7.65. The summed E-state index contributed by atoms with van der Waals surface area (Å²) in [6, 6.07) is 18.9. The van der Waals surface area contributed by atoms with Gasteiger partial charge in [0, 0.05) is 11.3 Å². The number of benzene rings is 2. The molecule has 0 aromatic heterocycles. The minimum atomic E-state index is -0.561. The fraction of sp³-hybridized carbons (Fsp3) is 0.222. The lowest BCUT2D eigenvalue weighted by molar-refractivity contribution is -0.116. The summed E-state index contributed by atoms with van der Waals surface area (Å²) < 4.78 is 5.20. The van der Waals surface area contributed by atoms with Gasteiger partial charge in [-0.3, -0.25) is 4.79 Å². The first-order valence-electron chi connectivity index (χ1n) is 7.44. The van der Waals surface area contributed by atoms with E-state index in [1.807, 2.05) is 60.7 Å². The van der Waals surface area contributed by atoms with Crippen molar-refractivity contribution in [2.75, 3.05) is 5.88 Å². The number of hydrogen-bond donors (Lipinski definition) is 1. The third-order valence-corrected chi connectivity index (χ3v) is 4.49. The second-order valence-electron chi connectivity index (χ2n) is 5.00. The van der Waals surface area contributed by atoms with E-state index >= 15 is 0 Å². The van der Waals surface area contributed by atoms with Gasteiger partial charge in [-0.15, -0.1) is 23.4 Å². The molecule has 0 saturated carbocycles. The Balaban J connectivity index is 1.91. The number of amides is 1. The third kappa shape index (κ3) is 6.64. The number of nitrogens with one attached hydrogen (secondary N) is 1. The van der Waals surface area contributed by atoms with Crippen molar-refractivity contribution >= 4 is 35.2 Å². The van der Waals surface area contributed by atoms with Crippen LogP contribution >= 0.6 is 23.4 Å². The molecule has 0 bridgehead atoms. The number of alkyl carbamates (subject to hydrolysis) is 1. The molecule has 24 heavy (non-hydrogen) atoms. The molecule has 1 atom stereocenters. The van der Waals surface area contributed by atoms with Crippen molar-refractivity contribution in [1.29, 1.82) is 0 Å². The maximum atomic E-state index is 12.0. The summed E-state index contributed by atoms with van der Waals surface area (Å²) in [5.74, 6) is -0.208. The van der Waals surface area contributed by atoms with Crippen molar-refractivity contribution in [3.05, 3.63) is 66.2 Å². The molecule has 126 valence electrons. The second kappa shape index (κ2) is 10.0. The van der Waals surface area contributed by atoms with E-state index in [1.54, 1.807) is 0 Å². The highest BCUT2D eigenvalue weighted by molar-refractivity contribution is 8.00. The van der Waals surface area contributed by atoms with E-state index < -0.39 is 11.5 Å². The summed E-state index contributed by atoms with van der Waals surface area (Å²) in [6.07, 6.45) is -0.418. The molecule has 2 rings (SSSR count). The first-order chi connectivity index (χ1) is 11.7. The lowest BCUT2D eigenvalue weighted by atomic mass is 10.2. The fourth-order valence-corrected chi connectivity index (χ4v) is 3.12. The van der Waals surface area contributed by atoms with Gasteiger partial charge in [0.15, 0.2) is 5.78 Å². The van der Waals surface area contributed by atoms with Crippen LogP contribution in [0.4, 0.5) is 4.79 Å². The molecule has 2 aromatic rings. The smallest absolute Gasteiger partial charge is 0.408 e. The van der Waals surface area contributed by atoms with E-state index in [0.717, 1.165) is 10.5 Å². The predicted octanol–water partition coefficient (Wildman–Crippen LogP) is 4.23. The highest BCUT2D eigenvalue weighted by atomic mass is 35.5. The highest BCUT2D eigenvalue weighted by Crippen LogP contribution is 2.24. The van der Waals surface area contributed by atoms with Gasteiger partial charge in [0.1, 0.15) is 6.61 Å². The topological polar surface area (TPSA) is 55.4 Å². The summed E-state index contributed by atoms with van der Waals surface area (Å²) in [4.78, 5) is 24.6. The van der Waals surface area contributed by atoms with Crippen LogP contribution < -0.4 is 5.32 Å². The highest BCUT2D eigenvalue weighted by Gasteiger charge is 2.18. The van der Waals surface area contributed by atoms with Gasteiger partial charge in [-0.05, 0) is 17.7 Å². The Hall–Kier alpha value is -1.98. The third-order valence-electron chi connectivity index (χ3n) is 3.08. The molecular formula is C18H18ClNO3S. The standard InChI is InChI=1S/C18H18ClNO3S/c19-12-15(21)11-17(24-16-9-5-2-6-10-16)20-18(22)23-13-14-7-3-1-4-8-14/h1-10,17H,11-13H2,(H,20,22)/t17-/m1/s1. The predicted molar refractivity (Wildman–Crippen MR) is 96.2 cm³/mol. The number of carbonyl (C=O) groups is 2. The zero-order chi connectivity index (χ0) is 17.2. The van der Waals surface area contributed by atoms with Gasteiger partial charge in [-0.2, -0.15) is 0 Å². The number of hydrogen-bond acceptors (Lipinski definition) is 4. The Bertz CT molecular complexity index is 652.